The van der Waals surface area contributed by atoms with Crippen LogP contribution in [0.2, 0.25) is 0 Å². The molecule has 0 aliphatic carbocycles. The third kappa shape index (κ3) is 5.64. The van der Waals surface area contributed by atoms with Crippen molar-refractivity contribution in [2.24, 2.45) is 5.92 Å². The van der Waals surface area contributed by atoms with E-state index in [4.69, 9.17) is 0 Å². The maximum absolute atomic E-state index is 13.6. The molecule has 4 atom stereocenters. The third-order valence-electron chi connectivity index (χ3n) is 7.43. The van der Waals surface area contributed by atoms with Crippen LogP contribution < -0.4 is 10.6 Å². The highest BCUT2D eigenvalue weighted by Gasteiger charge is 2.40. The van der Waals surface area contributed by atoms with Crippen molar-refractivity contribution < 1.29 is 9.59 Å². The first-order valence-corrected chi connectivity index (χ1v) is 12.5. The summed E-state index contributed by atoms with van der Waals surface area (Å²) in [5.41, 5.74) is 2.17. The molecule has 2 N–H and O–H groups in total. The lowest BCUT2D eigenvalue weighted by molar-refractivity contribution is -0.126. The number of benzene rings is 2. The number of hydrogen-bond donors (Lipinski definition) is 2. The first-order valence-electron chi connectivity index (χ1n) is 12.5. The van der Waals surface area contributed by atoms with Gasteiger partial charge in [-0.2, -0.15) is 0 Å². The fourth-order valence-corrected chi connectivity index (χ4v) is 5.29. The molecule has 33 heavy (non-hydrogen) atoms. The largest absolute Gasteiger partial charge is 0.352 e. The molecule has 176 valence electrons. The Hall–Kier alpha value is -2.66. The predicted molar refractivity (Wildman–Crippen MR) is 132 cm³/mol. The van der Waals surface area contributed by atoms with E-state index < -0.39 is 0 Å². The van der Waals surface area contributed by atoms with Gasteiger partial charge in [-0.15, -0.1) is 0 Å². The van der Waals surface area contributed by atoms with Crippen molar-refractivity contribution in [3.05, 3.63) is 71.8 Å². The van der Waals surface area contributed by atoms with Gasteiger partial charge in [0, 0.05) is 24.5 Å². The average molecular weight is 448 g/mol. The lowest BCUT2D eigenvalue weighted by Crippen LogP contribution is -2.51. The van der Waals surface area contributed by atoms with E-state index >= 15 is 0 Å². The smallest absolute Gasteiger partial charge is 0.238 e. The van der Waals surface area contributed by atoms with Gasteiger partial charge in [0.2, 0.25) is 11.8 Å². The van der Waals surface area contributed by atoms with Crippen LogP contribution in [0.1, 0.15) is 69.5 Å². The van der Waals surface area contributed by atoms with Crippen LogP contribution in [0.3, 0.4) is 0 Å². The summed E-state index contributed by atoms with van der Waals surface area (Å²) >= 11 is 0. The lowest BCUT2D eigenvalue weighted by atomic mass is 9.98. The molecular formula is C28H37N3O2. The molecule has 2 aliphatic rings. The van der Waals surface area contributed by atoms with Gasteiger partial charge in [0.1, 0.15) is 0 Å². The molecular weight excluding hydrogens is 410 g/mol. The van der Waals surface area contributed by atoms with Gasteiger partial charge >= 0.3 is 0 Å². The molecule has 2 fully saturated rings. The molecule has 0 aromatic heterocycles. The zero-order chi connectivity index (χ0) is 23.2. The minimum atomic E-state index is -0.174. The number of carbonyl (C=O) groups is 2. The molecule has 2 heterocycles. The van der Waals surface area contributed by atoms with E-state index in [1.54, 1.807) is 0 Å². The van der Waals surface area contributed by atoms with Gasteiger partial charge in [-0.1, -0.05) is 74.5 Å². The fourth-order valence-electron chi connectivity index (χ4n) is 5.29. The minimum Gasteiger partial charge on any atom is -0.352 e. The van der Waals surface area contributed by atoms with E-state index in [-0.39, 0.29) is 35.9 Å². The molecule has 0 radical (unpaired) electrons. The first kappa shape index (κ1) is 23.5. The van der Waals surface area contributed by atoms with Crippen molar-refractivity contribution in [1.82, 2.24) is 15.5 Å². The van der Waals surface area contributed by atoms with Gasteiger partial charge in [0.05, 0.1) is 12.1 Å². The molecule has 2 aliphatic heterocycles. The Balaban J connectivity index is 1.49. The van der Waals surface area contributed by atoms with E-state index in [1.807, 2.05) is 50.2 Å². The summed E-state index contributed by atoms with van der Waals surface area (Å²) in [5.74, 6) is 0.248. The molecule has 0 spiro atoms. The number of nitrogens with zero attached hydrogens (tertiary/aromatic N) is 1. The zero-order valence-corrected chi connectivity index (χ0v) is 19.9. The van der Waals surface area contributed by atoms with Gasteiger partial charge in [0.15, 0.2) is 0 Å². The van der Waals surface area contributed by atoms with Crippen LogP contribution in [0.4, 0.5) is 0 Å². The predicted octanol–water partition coefficient (Wildman–Crippen LogP) is 4.44. The molecule has 2 aromatic rings. The third-order valence-corrected chi connectivity index (χ3v) is 7.43. The highest BCUT2D eigenvalue weighted by Crippen LogP contribution is 2.32. The Morgan fingerprint density at radius 3 is 2.18 bits per heavy atom. The zero-order valence-electron chi connectivity index (χ0n) is 19.9. The number of nitrogens with one attached hydrogen (secondary N) is 2. The normalized spacial score (nSPS) is 24.0. The summed E-state index contributed by atoms with van der Waals surface area (Å²) in [7, 11) is 0. The summed E-state index contributed by atoms with van der Waals surface area (Å²) in [6.07, 6.45) is 5.94. The minimum absolute atomic E-state index is 0.0271. The number of amides is 2. The van der Waals surface area contributed by atoms with Gasteiger partial charge in [-0.3, -0.25) is 14.5 Å². The summed E-state index contributed by atoms with van der Waals surface area (Å²) < 4.78 is 0. The quantitative estimate of drug-likeness (QED) is 0.660. The number of carbonyl (C=O) groups excluding carboxylic acids is 2. The van der Waals surface area contributed by atoms with Crippen molar-refractivity contribution in [3.63, 3.8) is 0 Å². The van der Waals surface area contributed by atoms with E-state index in [1.165, 1.54) is 0 Å². The van der Waals surface area contributed by atoms with Crippen LogP contribution in [0.15, 0.2) is 60.7 Å². The van der Waals surface area contributed by atoms with Crippen molar-refractivity contribution in [3.8, 4) is 0 Å². The summed E-state index contributed by atoms with van der Waals surface area (Å²) in [5, 5.41) is 6.62. The Bertz CT molecular complexity index is 878. The summed E-state index contributed by atoms with van der Waals surface area (Å²) in [6.45, 7) is 4.78. The standard InChI is InChI=1S/C28H37N3O2/c1-3-20(2)27(32)29-23-15-10-16-24-17-18-25(31(24)19-23)28(33)30-26(21-11-6-4-7-12-21)22-13-8-5-9-14-22/h4-9,11-14,20,23-26H,3,10,15-19H2,1-2H3,(H,29,32)(H,30,33)/t20-,23?,24+,25?/m1/s1. The van der Waals surface area contributed by atoms with E-state index in [2.05, 4.69) is 39.8 Å². The molecule has 5 heteroatoms. The lowest BCUT2D eigenvalue weighted by Gasteiger charge is -2.32. The molecule has 0 bridgehead atoms. The highest BCUT2D eigenvalue weighted by atomic mass is 16.2. The molecule has 2 amide bonds. The molecule has 2 unspecified atom stereocenters. The first-order chi connectivity index (χ1) is 16.1. The Morgan fingerprint density at radius 2 is 1.58 bits per heavy atom. The Morgan fingerprint density at radius 1 is 0.939 bits per heavy atom. The summed E-state index contributed by atoms with van der Waals surface area (Å²) in [6, 6.07) is 20.6. The van der Waals surface area contributed by atoms with Crippen molar-refractivity contribution >= 4 is 11.8 Å². The second-order valence-electron chi connectivity index (χ2n) is 9.65. The maximum Gasteiger partial charge on any atom is 0.238 e. The van der Waals surface area contributed by atoms with Crippen molar-refractivity contribution in [2.45, 2.75) is 76.5 Å². The number of rotatable bonds is 7. The van der Waals surface area contributed by atoms with Gasteiger partial charge in [-0.05, 0) is 49.7 Å². The topological polar surface area (TPSA) is 61.4 Å². The van der Waals surface area contributed by atoms with Crippen LogP contribution >= 0.6 is 0 Å². The second-order valence-corrected chi connectivity index (χ2v) is 9.65. The molecule has 0 saturated carbocycles. The van der Waals surface area contributed by atoms with Crippen LogP contribution in [0, 0.1) is 5.92 Å². The average Bonchev–Trinajstić information content (AvgIpc) is 3.14. The molecule has 4 rings (SSSR count). The van der Waals surface area contributed by atoms with Crippen molar-refractivity contribution in [2.75, 3.05) is 6.54 Å². The van der Waals surface area contributed by atoms with Crippen LogP contribution in [-0.4, -0.2) is 41.4 Å². The monoisotopic (exact) mass is 447 g/mol. The summed E-state index contributed by atoms with van der Waals surface area (Å²) in [4.78, 5) is 28.5. The molecule has 5 nitrogen and oxygen atoms in total. The second kappa shape index (κ2) is 11.0. The van der Waals surface area contributed by atoms with Gasteiger partial charge in [0.25, 0.3) is 0 Å². The van der Waals surface area contributed by atoms with E-state index in [9.17, 15) is 9.59 Å². The van der Waals surface area contributed by atoms with Crippen LogP contribution in [-0.2, 0) is 9.59 Å². The molecule has 2 aromatic carbocycles. The number of fused-ring (bicyclic) bond motifs is 1. The molecule has 2 saturated heterocycles. The van der Waals surface area contributed by atoms with E-state index in [0.29, 0.717) is 6.04 Å². The van der Waals surface area contributed by atoms with Crippen molar-refractivity contribution in [1.29, 1.82) is 0 Å². The van der Waals surface area contributed by atoms with Gasteiger partial charge < -0.3 is 10.6 Å². The van der Waals surface area contributed by atoms with Crippen LogP contribution in [0.5, 0.6) is 0 Å². The van der Waals surface area contributed by atoms with Crippen LogP contribution in [0.25, 0.3) is 0 Å². The highest BCUT2D eigenvalue weighted by molar-refractivity contribution is 5.83. The maximum atomic E-state index is 13.6. The SMILES string of the molecule is CC[C@@H](C)C(=O)NC1CCC[C@H]2CCC(C(=O)NC(c3ccccc3)c3ccccc3)N2C1. The van der Waals surface area contributed by atoms with Gasteiger partial charge in [-0.25, -0.2) is 0 Å². The number of hydrogen-bond acceptors (Lipinski definition) is 3. The Labute approximate surface area is 197 Å². The fraction of sp³-hybridized carbons (Fsp3) is 0.500. The Kier molecular flexibility index (Phi) is 7.81. The van der Waals surface area contributed by atoms with E-state index in [0.717, 1.165) is 56.2 Å².